The average molecular weight is 392 g/mol. The van der Waals surface area contributed by atoms with Gasteiger partial charge in [-0.1, -0.05) is 31.4 Å². The Balaban J connectivity index is 1.67. The van der Waals surface area contributed by atoms with Crippen molar-refractivity contribution in [3.8, 4) is 11.4 Å². The fraction of sp³-hybridized carbons (Fsp3) is 0.435. The van der Waals surface area contributed by atoms with Crippen molar-refractivity contribution in [1.82, 2.24) is 19.9 Å². The van der Waals surface area contributed by atoms with Crippen LogP contribution >= 0.6 is 0 Å². The highest BCUT2D eigenvalue weighted by Crippen LogP contribution is 2.34. The zero-order valence-corrected chi connectivity index (χ0v) is 17.0. The van der Waals surface area contributed by atoms with Gasteiger partial charge in [-0.25, -0.2) is 9.97 Å². The van der Waals surface area contributed by atoms with Crippen LogP contribution in [0.15, 0.2) is 48.8 Å². The van der Waals surface area contributed by atoms with E-state index in [1.807, 2.05) is 30.3 Å². The van der Waals surface area contributed by atoms with Crippen molar-refractivity contribution in [2.75, 3.05) is 32.1 Å². The lowest BCUT2D eigenvalue weighted by atomic mass is 9.80. The highest BCUT2D eigenvalue weighted by Gasteiger charge is 2.35. The van der Waals surface area contributed by atoms with Gasteiger partial charge in [-0.2, -0.15) is 0 Å². The van der Waals surface area contributed by atoms with Crippen molar-refractivity contribution in [1.29, 1.82) is 0 Å². The van der Waals surface area contributed by atoms with Crippen molar-refractivity contribution in [2.45, 2.75) is 37.6 Å². The summed E-state index contributed by atoms with van der Waals surface area (Å²) in [5, 5.41) is 14.2. The van der Waals surface area contributed by atoms with Gasteiger partial charge in [0.15, 0.2) is 5.82 Å². The number of hydrogen-bond acceptors (Lipinski definition) is 6. The second-order valence-electron chi connectivity index (χ2n) is 7.94. The summed E-state index contributed by atoms with van der Waals surface area (Å²) in [6.07, 6.45) is 9.56. The number of pyridine rings is 1. The quantitative estimate of drug-likeness (QED) is 0.639. The summed E-state index contributed by atoms with van der Waals surface area (Å²) < 4.78 is 0. The van der Waals surface area contributed by atoms with Crippen LogP contribution in [0.5, 0.6) is 0 Å². The Hall–Kier alpha value is -2.57. The van der Waals surface area contributed by atoms with Crippen molar-refractivity contribution in [3.63, 3.8) is 0 Å². The van der Waals surface area contributed by atoms with Gasteiger partial charge in [0, 0.05) is 42.0 Å². The van der Waals surface area contributed by atoms with Gasteiger partial charge < -0.3 is 10.4 Å². The molecule has 6 heteroatoms. The van der Waals surface area contributed by atoms with Gasteiger partial charge in [0.25, 0.3) is 0 Å². The van der Waals surface area contributed by atoms with Gasteiger partial charge in [0.2, 0.25) is 0 Å². The van der Waals surface area contributed by atoms with Gasteiger partial charge in [-0.15, -0.1) is 0 Å². The summed E-state index contributed by atoms with van der Waals surface area (Å²) in [6, 6.07) is 12.0. The number of likely N-dealkylation sites (N-methyl/N-ethyl adjacent to an activating group) is 1. The Morgan fingerprint density at radius 3 is 2.66 bits per heavy atom. The first-order valence-corrected chi connectivity index (χ1v) is 10.4. The Morgan fingerprint density at radius 2 is 1.90 bits per heavy atom. The summed E-state index contributed by atoms with van der Waals surface area (Å²) in [6.45, 7) is 1.67. The van der Waals surface area contributed by atoms with Crippen molar-refractivity contribution >= 4 is 16.7 Å². The van der Waals surface area contributed by atoms with Crippen LogP contribution in [0.2, 0.25) is 0 Å². The molecule has 2 N–H and O–H groups in total. The van der Waals surface area contributed by atoms with Crippen LogP contribution < -0.4 is 5.32 Å². The number of hydrogen-bond donors (Lipinski definition) is 2. The maximum atomic E-state index is 9.48. The third-order valence-electron chi connectivity index (χ3n) is 6.14. The van der Waals surface area contributed by atoms with Crippen LogP contribution in [0.25, 0.3) is 22.3 Å². The second-order valence-corrected chi connectivity index (χ2v) is 7.94. The monoisotopic (exact) mass is 391 g/mol. The molecule has 0 bridgehead atoms. The number of fused-ring (bicyclic) bond motifs is 1. The maximum absolute atomic E-state index is 9.48. The molecule has 0 spiro atoms. The predicted octanol–water partition coefficient (Wildman–Crippen LogP) is 3.73. The van der Waals surface area contributed by atoms with Gasteiger partial charge >= 0.3 is 0 Å². The van der Waals surface area contributed by atoms with E-state index in [1.54, 1.807) is 12.4 Å². The molecule has 1 saturated carbocycles. The molecule has 0 atom stereocenters. The lowest BCUT2D eigenvalue weighted by molar-refractivity contribution is 0.0690. The molecule has 1 aliphatic rings. The predicted molar refractivity (Wildman–Crippen MR) is 117 cm³/mol. The minimum atomic E-state index is 0.0432. The number of β-amino-alcohol motifs (C(OH)–C–C–N with tert-alkyl or cyclic N) is 1. The largest absolute Gasteiger partial charge is 0.395 e. The topological polar surface area (TPSA) is 74.2 Å². The molecule has 2 aromatic heterocycles. The first-order chi connectivity index (χ1) is 14.2. The molecule has 0 saturated heterocycles. The summed E-state index contributed by atoms with van der Waals surface area (Å²) in [7, 11) is 2.13. The van der Waals surface area contributed by atoms with Gasteiger partial charge in [-0.3, -0.25) is 9.88 Å². The molecule has 0 radical (unpaired) electrons. The van der Waals surface area contributed by atoms with E-state index < -0.39 is 0 Å². The number of nitrogens with one attached hydrogen (secondary N) is 1. The molecular weight excluding hydrogens is 362 g/mol. The van der Waals surface area contributed by atoms with Crippen LogP contribution in [0.4, 0.5) is 5.82 Å². The smallest absolute Gasteiger partial charge is 0.163 e. The Morgan fingerprint density at radius 1 is 1.07 bits per heavy atom. The Kier molecular flexibility index (Phi) is 6.02. The number of para-hydroxylation sites is 1. The van der Waals surface area contributed by atoms with E-state index in [0.29, 0.717) is 12.4 Å². The molecule has 1 aliphatic carbocycles. The zero-order chi connectivity index (χ0) is 20.1. The highest BCUT2D eigenvalue weighted by atomic mass is 16.3. The molecule has 4 rings (SSSR count). The van der Waals surface area contributed by atoms with Crippen LogP contribution in [-0.4, -0.2) is 57.2 Å². The summed E-state index contributed by atoms with van der Waals surface area (Å²) in [5.41, 5.74) is 1.87. The third-order valence-corrected chi connectivity index (χ3v) is 6.14. The third kappa shape index (κ3) is 4.23. The van der Waals surface area contributed by atoms with Crippen molar-refractivity contribution < 1.29 is 5.11 Å². The van der Waals surface area contributed by atoms with E-state index in [0.717, 1.165) is 41.7 Å². The van der Waals surface area contributed by atoms with E-state index in [1.165, 1.54) is 19.3 Å². The van der Waals surface area contributed by atoms with Gasteiger partial charge in [0.05, 0.1) is 12.1 Å². The lowest BCUT2D eigenvalue weighted by Crippen LogP contribution is -2.53. The summed E-state index contributed by atoms with van der Waals surface area (Å²) >= 11 is 0. The first-order valence-electron chi connectivity index (χ1n) is 10.4. The summed E-state index contributed by atoms with van der Waals surface area (Å²) in [4.78, 5) is 16.1. The normalized spacial score (nSPS) is 16.2. The molecule has 1 fully saturated rings. The van der Waals surface area contributed by atoms with E-state index in [4.69, 9.17) is 9.97 Å². The molecule has 2 heterocycles. The average Bonchev–Trinajstić information content (AvgIpc) is 2.78. The minimum Gasteiger partial charge on any atom is -0.395 e. The molecule has 29 heavy (non-hydrogen) atoms. The fourth-order valence-corrected chi connectivity index (χ4v) is 4.37. The minimum absolute atomic E-state index is 0.0432. The number of aliphatic hydroxyl groups excluding tert-OH is 1. The Labute approximate surface area is 172 Å². The number of nitrogens with zero attached hydrogens (tertiary/aromatic N) is 4. The van der Waals surface area contributed by atoms with Gasteiger partial charge in [-0.05, 0) is 44.2 Å². The molecule has 152 valence electrons. The lowest BCUT2D eigenvalue weighted by Gasteiger charge is -2.45. The zero-order valence-electron chi connectivity index (χ0n) is 17.0. The number of benzene rings is 1. The molecule has 3 aromatic rings. The number of aromatic nitrogens is 3. The van der Waals surface area contributed by atoms with Crippen molar-refractivity contribution in [3.05, 3.63) is 48.8 Å². The van der Waals surface area contributed by atoms with E-state index in [9.17, 15) is 5.11 Å². The standard InChI is InChI=1S/C23H29N5O/c1-28(14-15-29)23(11-5-2-6-12-23)17-25-22-19-9-3-4-10-20(19)26-21(27-22)18-8-7-13-24-16-18/h3-4,7-10,13,16,29H,2,5-6,11-12,14-15,17H2,1H3,(H,25,26,27). The van der Waals surface area contributed by atoms with E-state index in [-0.39, 0.29) is 12.1 Å². The number of aliphatic hydroxyl groups is 1. The SMILES string of the molecule is CN(CCO)C1(CNc2nc(-c3cccnc3)nc3ccccc23)CCCCC1. The van der Waals surface area contributed by atoms with Gasteiger partial charge in [0.1, 0.15) is 5.82 Å². The van der Waals surface area contributed by atoms with Crippen LogP contribution in [0.3, 0.4) is 0 Å². The number of rotatable bonds is 7. The second kappa shape index (κ2) is 8.84. The molecule has 1 aromatic carbocycles. The highest BCUT2D eigenvalue weighted by molar-refractivity contribution is 5.90. The summed E-state index contributed by atoms with van der Waals surface area (Å²) in [5.74, 6) is 1.54. The molecule has 0 unspecified atom stereocenters. The van der Waals surface area contributed by atoms with Crippen LogP contribution in [0.1, 0.15) is 32.1 Å². The fourth-order valence-electron chi connectivity index (χ4n) is 4.37. The van der Waals surface area contributed by atoms with Crippen LogP contribution in [-0.2, 0) is 0 Å². The van der Waals surface area contributed by atoms with Crippen molar-refractivity contribution in [2.24, 2.45) is 0 Å². The molecule has 0 amide bonds. The molecule has 0 aliphatic heterocycles. The van der Waals surface area contributed by atoms with E-state index in [2.05, 4.69) is 28.3 Å². The number of anilines is 1. The Bertz CT molecular complexity index is 940. The first kappa shape index (κ1) is 19.7. The molecule has 6 nitrogen and oxygen atoms in total. The maximum Gasteiger partial charge on any atom is 0.163 e. The van der Waals surface area contributed by atoms with E-state index >= 15 is 0 Å². The van der Waals surface area contributed by atoms with Crippen LogP contribution in [0, 0.1) is 0 Å². The molecular formula is C23H29N5O.